The first-order valence-corrected chi connectivity index (χ1v) is 2.60. The van der Waals surface area contributed by atoms with Crippen molar-refractivity contribution >= 4 is 5.91 Å². The maximum Gasteiger partial charge on any atom is 0.246 e. The molecule has 4 heteroatoms. The lowest BCUT2D eigenvalue weighted by Gasteiger charge is -1.99. The van der Waals surface area contributed by atoms with Gasteiger partial charge < -0.3 is 5.32 Å². The van der Waals surface area contributed by atoms with E-state index in [0.717, 1.165) is 5.70 Å². The minimum absolute atomic E-state index is 0.0745. The minimum atomic E-state index is -0.0745. The normalized spacial score (nSPS) is 17.0. The fourth-order valence-corrected chi connectivity index (χ4v) is 0.639. The molecule has 0 aromatic carbocycles. The van der Waals surface area contributed by atoms with Crippen LogP contribution in [0, 0.1) is 0 Å². The van der Waals surface area contributed by atoms with Gasteiger partial charge in [-0.2, -0.15) is 0 Å². The SMILES string of the molecule is CONC1=CC(=O)NC1. The van der Waals surface area contributed by atoms with Gasteiger partial charge in [0.25, 0.3) is 0 Å². The summed E-state index contributed by atoms with van der Waals surface area (Å²) in [5.41, 5.74) is 3.32. The molecule has 0 unspecified atom stereocenters. The van der Waals surface area contributed by atoms with E-state index in [4.69, 9.17) is 0 Å². The molecule has 1 heterocycles. The van der Waals surface area contributed by atoms with Crippen LogP contribution in [0.4, 0.5) is 0 Å². The molecule has 0 spiro atoms. The lowest BCUT2D eigenvalue weighted by molar-refractivity contribution is -0.115. The molecule has 4 nitrogen and oxygen atoms in total. The van der Waals surface area contributed by atoms with Gasteiger partial charge in [-0.05, 0) is 0 Å². The largest absolute Gasteiger partial charge is 0.347 e. The van der Waals surface area contributed by atoms with E-state index in [2.05, 4.69) is 15.6 Å². The van der Waals surface area contributed by atoms with E-state index in [1.165, 1.54) is 13.2 Å². The molecule has 0 atom stereocenters. The zero-order chi connectivity index (χ0) is 6.69. The molecule has 0 saturated heterocycles. The van der Waals surface area contributed by atoms with Crippen LogP contribution < -0.4 is 10.8 Å². The van der Waals surface area contributed by atoms with Gasteiger partial charge in [0.1, 0.15) is 0 Å². The number of carbonyl (C=O) groups is 1. The molecular weight excluding hydrogens is 120 g/mol. The molecule has 1 amide bonds. The maximum absolute atomic E-state index is 10.4. The first kappa shape index (κ1) is 6.10. The van der Waals surface area contributed by atoms with Crippen LogP contribution in [0.15, 0.2) is 11.8 Å². The van der Waals surface area contributed by atoms with Gasteiger partial charge in [0.2, 0.25) is 5.91 Å². The molecule has 1 aliphatic heterocycles. The molecule has 1 rings (SSSR count). The highest BCUT2D eigenvalue weighted by molar-refractivity contribution is 5.90. The van der Waals surface area contributed by atoms with E-state index in [1.54, 1.807) is 0 Å². The van der Waals surface area contributed by atoms with Gasteiger partial charge in [0.05, 0.1) is 19.4 Å². The summed E-state index contributed by atoms with van der Waals surface area (Å²) < 4.78 is 0. The lowest BCUT2D eigenvalue weighted by atomic mass is 10.5. The number of nitrogens with one attached hydrogen (secondary N) is 2. The van der Waals surface area contributed by atoms with Crippen molar-refractivity contribution in [3.8, 4) is 0 Å². The van der Waals surface area contributed by atoms with Crippen molar-refractivity contribution in [2.75, 3.05) is 13.7 Å². The van der Waals surface area contributed by atoms with Crippen LogP contribution in [-0.2, 0) is 9.63 Å². The van der Waals surface area contributed by atoms with Gasteiger partial charge >= 0.3 is 0 Å². The Kier molecular flexibility index (Phi) is 1.69. The van der Waals surface area contributed by atoms with Gasteiger partial charge in [0.15, 0.2) is 0 Å². The van der Waals surface area contributed by atoms with Gasteiger partial charge in [-0.1, -0.05) is 0 Å². The number of hydrogen-bond donors (Lipinski definition) is 2. The van der Waals surface area contributed by atoms with Gasteiger partial charge in [-0.15, -0.1) is 0 Å². The zero-order valence-electron chi connectivity index (χ0n) is 5.10. The van der Waals surface area contributed by atoms with E-state index >= 15 is 0 Å². The van der Waals surface area contributed by atoms with Crippen LogP contribution in [0.1, 0.15) is 0 Å². The van der Waals surface area contributed by atoms with E-state index in [9.17, 15) is 4.79 Å². The molecule has 0 fully saturated rings. The number of hydrogen-bond acceptors (Lipinski definition) is 3. The van der Waals surface area contributed by atoms with E-state index in [-0.39, 0.29) is 5.91 Å². The molecule has 0 saturated carbocycles. The summed E-state index contributed by atoms with van der Waals surface area (Å²) >= 11 is 0. The van der Waals surface area contributed by atoms with Crippen LogP contribution in [0.2, 0.25) is 0 Å². The topological polar surface area (TPSA) is 50.4 Å². The van der Waals surface area contributed by atoms with E-state index < -0.39 is 0 Å². The molecule has 9 heavy (non-hydrogen) atoms. The quantitative estimate of drug-likeness (QED) is 0.476. The molecule has 0 aromatic rings. The summed E-state index contributed by atoms with van der Waals surface area (Å²) in [4.78, 5) is 15.0. The Balaban J connectivity index is 2.42. The van der Waals surface area contributed by atoms with Gasteiger partial charge in [-0.25, -0.2) is 0 Å². The summed E-state index contributed by atoms with van der Waals surface area (Å²) in [5.74, 6) is -0.0745. The predicted molar refractivity (Wildman–Crippen MR) is 31.2 cm³/mol. The predicted octanol–water partition coefficient (Wildman–Crippen LogP) is -0.849. The summed E-state index contributed by atoms with van der Waals surface area (Å²) in [6.45, 7) is 0.534. The van der Waals surface area contributed by atoms with Crippen LogP contribution in [0.5, 0.6) is 0 Å². The molecule has 2 N–H and O–H groups in total. The number of hydroxylamine groups is 1. The van der Waals surface area contributed by atoms with Crippen molar-refractivity contribution in [1.29, 1.82) is 0 Å². The van der Waals surface area contributed by atoms with Crippen molar-refractivity contribution in [3.63, 3.8) is 0 Å². The second-order valence-corrected chi connectivity index (χ2v) is 1.69. The van der Waals surface area contributed by atoms with Crippen molar-refractivity contribution in [2.45, 2.75) is 0 Å². The van der Waals surface area contributed by atoms with Gasteiger partial charge in [-0.3, -0.25) is 15.1 Å². The van der Waals surface area contributed by atoms with Gasteiger partial charge in [0, 0.05) is 6.08 Å². The van der Waals surface area contributed by atoms with Crippen LogP contribution in [0.3, 0.4) is 0 Å². The highest BCUT2D eigenvalue weighted by Crippen LogP contribution is 1.93. The first-order chi connectivity index (χ1) is 4.33. The lowest BCUT2D eigenvalue weighted by Crippen LogP contribution is -2.19. The standard InChI is InChI=1S/C5H8N2O2/c1-9-7-4-2-5(8)6-3-4/h2,7H,3H2,1H3,(H,6,8). The number of rotatable bonds is 2. The summed E-state index contributed by atoms with van der Waals surface area (Å²) in [5, 5.41) is 2.58. The fourth-order valence-electron chi connectivity index (χ4n) is 0.639. The zero-order valence-corrected chi connectivity index (χ0v) is 5.10. The molecule has 0 radical (unpaired) electrons. The fraction of sp³-hybridized carbons (Fsp3) is 0.400. The highest BCUT2D eigenvalue weighted by Gasteiger charge is 2.08. The molecule has 50 valence electrons. The third-order valence-electron chi connectivity index (χ3n) is 0.992. The summed E-state index contributed by atoms with van der Waals surface area (Å²) in [7, 11) is 1.50. The second-order valence-electron chi connectivity index (χ2n) is 1.69. The van der Waals surface area contributed by atoms with Crippen molar-refractivity contribution in [3.05, 3.63) is 11.8 Å². The Morgan fingerprint density at radius 3 is 3.11 bits per heavy atom. The maximum atomic E-state index is 10.4. The molecule has 0 bridgehead atoms. The Morgan fingerprint density at radius 2 is 2.67 bits per heavy atom. The van der Waals surface area contributed by atoms with Crippen LogP contribution in [-0.4, -0.2) is 19.6 Å². The van der Waals surface area contributed by atoms with Crippen molar-refractivity contribution in [1.82, 2.24) is 10.8 Å². The number of carbonyl (C=O) groups excluding carboxylic acids is 1. The minimum Gasteiger partial charge on any atom is -0.347 e. The summed E-state index contributed by atoms with van der Waals surface area (Å²) in [6.07, 6.45) is 1.46. The Morgan fingerprint density at radius 1 is 1.89 bits per heavy atom. The van der Waals surface area contributed by atoms with Crippen molar-refractivity contribution in [2.24, 2.45) is 0 Å². The average molecular weight is 128 g/mol. The monoisotopic (exact) mass is 128 g/mol. The Hall–Kier alpha value is -1.03. The van der Waals surface area contributed by atoms with E-state index in [0.29, 0.717) is 6.54 Å². The summed E-state index contributed by atoms with van der Waals surface area (Å²) in [6, 6.07) is 0. The highest BCUT2D eigenvalue weighted by atomic mass is 16.6. The molecule has 0 aliphatic carbocycles. The third-order valence-corrected chi connectivity index (χ3v) is 0.992. The van der Waals surface area contributed by atoms with Crippen LogP contribution in [0.25, 0.3) is 0 Å². The third kappa shape index (κ3) is 1.43. The van der Waals surface area contributed by atoms with Crippen molar-refractivity contribution < 1.29 is 9.63 Å². The molecule has 1 aliphatic rings. The first-order valence-electron chi connectivity index (χ1n) is 2.60. The van der Waals surface area contributed by atoms with Crippen LogP contribution >= 0.6 is 0 Å². The average Bonchev–Trinajstić information content (AvgIpc) is 2.17. The second kappa shape index (κ2) is 2.50. The Bertz CT molecular complexity index is 153. The number of amides is 1. The Labute approximate surface area is 52.8 Å². The smallest absolute Gasteiger partial charge is 0.246 e. The molecule has 0 aromatic heterocycles. The molecular formula is C5H8N2O2. The van der Waals surface area contributed by atoms with E-state index in [1.807, 2.05) is 0 Å².